The minimum Gasteiger partial charge on any atom is -0.331 e. The van der Waals surface area contributed by atoms with Crippen LogP contribution < -0.4 is 16.4 Å². The lowest BCUT2D eigenvalue weighted by molar-refractivity contribution is 0.237. The van der Waals surface area contributed by atoms with E-state index in [2.05, 4.69) is 10.6 Å². The SMILES string of the molecule is NCC1(NC(=O)Nc2cc(Cl)cc(Cl)c2)CCCC1. The number of halogens is 2. The number of nitrogens with two attached hydrogens (primary N) is 1. The molecule has 2 amide bonds. The molecule has 0 radical (unpaired) electrons. The van der Waals surface area contributed by atoms with Gasteiger partial charge in [0.2, 0.25) is 0 Å². The zero-order valence-electron chi connectivity index (χ0n) is 10.5. The van der Waals surface area contributed by atoms with Crippen LogP contribution in [0.5, 0.6) is 0 Å². The Balaban J connectivity index is 2.00. The molecule has 4 N–H and O–H groups in total. The summed E-state index contributed by atoms with van der Waals surface area (Å²) in [5, 5.41) is 6.67. The summed E-state index contributed by atoms with van der Waals surface area (Å²) in [6.45, 7) is 0.455. The van der Waals surface area contributed by atoms with Gasteiger partial charge in [0, 0.05) is 22.3 Å². The van der Waals surface area contributed by atoms with Gasteiger partial charge in [-0.15, -0.1) is 0 Å². The molecule has 2 rings (SSSR count). The van der Waals surface area contributed by atoms with Crippen molar-refractivity contribution in [3.63, 3.8) is 0 Å². The molecule has 1 aliphatic carbocycles. The van der Waals surface area contributed by atoms with Gasteiger partial charge in [-0.2, -0.15) is 0 Å². The fraction of sp³-hybridized carbons (Fsp3) is 0.462. The highest BCUT2D eigenvalue weighted by Gasteiger charge is 2.33. The molecule has 0 atom stereocenters. The third-order valence-electron chi connectivity index (χ3n) is 3.45. The van der Waals surface area contributed by atoms with E-state index in [1.807, 2.05) is 0 Å². The summed E-state index contributed by atoms with van der Waals surface area (Å²) in [6, 6.07) is 4.64. The predicted molar refractivity (Wildman–Crippen MR) is 78.9 cm³/mol. The number of anilines is 1. The van der Waals surface area contributed by atoms with Gasteiger partial charge in [-0.05, 0) is 31.0 Å². The number of benzene rings is 1. The Hall–Kier alpha value is -0.970. The number of hydrogen-bond donors (Lipinski definition) is 3. The van der Waals surface area contributed by atoms with Crippen molar-refractivity contribution < 1.29 is 4.79 Å². The lowest BCUT2D eigenvalue weighted by Crippen LogP contribution is -2.53. The summed E-state index contributed by atoms with van der Waals surface area (Å²) in [5.74, 6) is 0. The van der Waals surface area contributed by atoms with Crippen molar-refractivity contribution in [2.75, 3.05) is 11.9 Å². The molecule has 1 aromatic carbocycles. The minimum atomic E-state index is -0.273. The summed E-state index contributed by atoms with van der Waals surface area (Å²) in [7, 11) is 0. The number of carbonyl (C=O) groups is 1. The normalized spacial score (nSPS) is 17.2. The summed E-state index contributed by atoms with van der Waals surface area (Å²) in [6.07, 6.45) is 4.04. The first-order valence-electron chi connectivity index (χ1n) is 6.28. The molecule has 1 aromatic rings. The van der Waals surface area contributed by atoms with Crippen molar-refractivity contribution in [2.24, 2.45) is 5.73 Å². The molecule has 1 saturated carbocycles. The summed E-state index contributed by atoms with van der Waals surface area (Å²) in [4.78, 5) is 12.0. The number of carbonyl (C=O) groups excluding carboxylic acids is 1. The van der Waals surface area contributed by atoms with Gasteiger partial charge in [0.15, 0.2) is 0 Å². The second kappa shape index (κ2) is 5.99. The zero-order valence-corrected chi connectivity index (χ0v) is 12.0. The van der Waals surface area contributed by atoms with E-state index >= 15 is 0 Å². The van der Waals surface area contributed by atoms with Crippen LogP contribution in [-0.2, 0) is 0 Å². The zero-order chi connectivity index (χ0) is 13.9. The van der Waals surface area contributed by atoms with Gasteiger partial charge in [-0.25, -0.2) is 4.79 Å². The van der Waals surface area contributed by atoms with Gasteiger partial charge >= 0.3 is 6.03 Å². The van der Waals surface area contributed by atoms with E-state index in [4.69, 9.17) is 28.9 Å². The van der Waals surface area contributed by atoms with Crippen LogP contribution in [0, 0.1) is 0 Å². The van der Waals surface area contributed by atoms with Gasteiger partial charge in [0.25, 0.3) is 0 Å². The van der Waals surface area contributed by atoms with Crippen LogP contribution >= 0.6 is 23.2 Å². The Labute approximate surface area is 122 Å². The van der Waals surface area contributed by atoms with Crippen molar-refractivity contribution in [1.82, 2.24) is 5.32 Å². The monoisotopic (exact) mass is 301 g/mol. The second-order valence-electron chi connectivity index (χ2n) is 4.93. The average Bonchev–Trinajstić information content (AvgIpc) is 2.76. The van der Waals surface area contributed by atoms with Gasteiger partial charge in [-0.1, -0.05) is 36.0 Å². The van der Waals surface area contributed by atoms with Crippen LogP contribution in [0.4, 0.5) is 10.5 Å². The van der Waals surface area contributed by atoms with E-state index < -0.39 is 0 Å². The number of hydrogen-bond acceptors (Lipinski definition) is 2. The summed E-state index contributed by atoms with van der Waals surface area (Å²) >= 11 is 11.8. The highest BCUT2D eigenvalue weighted by molar-refractivity contribution is 6.35. The van der Waals surface area contributed by atoms with E-state index in [9.17, 15) is 4.79 Å². The van der Waals surface area contributed by atoms with E-state index in [0.717, 1.165) is 25.7 Å². The van der Waals surface area contributed by atoms with Crippen LogP contribution in [0.3, 0.4) is 0 Å². The Kier molecular flexibility index (Phi) is 4.55. The number of rotatable bonds is 3. The third kappa shape index (κ3) is 3.75. The van der Waals surface area contributed by atoms with Crippen LogP contribution in [-0.4, -0.2) is 18.1 Å². The maximum absolute atomic E-state index is 12.0. The van der Waals surface area contributed by atoms with Crippen molar-refractivity contribution in [1.29, 1.82) is 0 Å². The summed E-state index contributed by atoms with van der Waals surface area (Å²) in [5.41, 5.74) is 6.07. The Bertz CT molecular complexity index is 453. The largest absolute Gasteiger partial charge is 0.331 e. The van der Waals surface area contributed by atoms with Gasteiger partial charge in [-0.3, -0.25) is 0 Å². The Morgan fingerprint density at radius 2 is 1.79 bits per heavy atom. The number of nitrogens with one attached hydrogen (secondary N) is 2. The van der Waals surface area contributed by atoms with Gasteiger partial charge in [0.1, 0.15) is 0 Å². The maximum Gasteiger partial charge on any atom is 0.319 e. The van der Waals surface area contributed by atoms with Crippen LogP contribution in [0.2, 0.25) is 10.0 Å². The molecule has 0 bridgehead atoms. The maximum atomic E-state index is 12.0. The molecule has 0 saturated heterocycles. The highest BCUT2D eigenvalue weighted by Crippen LogP contribution is 2.29. The van der Waals surface area contributed by atoms with Gasteiger partial charge < -0.3 is 16.4 Å². The Morgan fingerprint density at radius 3 is 2.32 bits per heavy atom. The molecule has 0 aromatic heterocycles. The molecule has 6 heteroatoms. The van der Waals surface area contributed by atoms with Crippen LogP contribution in [0.15, 0.2) is 18.2 Å². The molecule has 4 nitrogen and oxygen atoms in total. The van der Waals surface area contributed by atoms with E-state index in [-0.39, 0.29) is 11.6 Å². The molecule has 1 aliphatic rings. The molecule has 1 fully saturated rings. The summed E-state index contributed by atoms with van der Waals surface area (Å²) < 4.78 is 0. The molecule has 0 aliphatic heterocycles. The Morgan fingerprint density at radius 1 is 1.21 bits per heavy atom. The van der Waals surface area contributed by atoms with E-state index in [0.29, 0.717) is 22.3 Å². The average molecular weight is 302 g/mol. The van der Waals surface area contributed by atoms with Crippen LogP contribution in [0.1, 0.15) is 25.7 Å². The van der Waals surface area contributed by atoms with Crippen molar-refractivity contribution in [3.05, 3.63) is 28.2 Å². The lowest BCUT2D eigenvalue weighted by atomic mass is 9.98. The van der Waals surface area contributed by atoms with Crippen LogP contribution in [0.25, 0.3) is 0 Å². The fourth-order valence-electron chi connectivity index (χ4n) is 2.46. The van der Waals surface area contributed by atoms with Gasteiger partial charge in [0.05, 0.1) is 5.54 Å². The van der Waals surface area contributed by atoms with Crippen molar-refractivity contribution >= 4 is 34.9 Å². The topological polar surface area (TPSA) is 67.1 Å². The number of amides is 2. The molecule has 0 spiro atoms. The second-order valence-corrected chi connectivity index (χ2v) is 5.80. The van der Waals surface area contributed by atoms with Crippen molar-refractivity contribution in [2.45, 2.75) is 31.2 Å². The minimum absolute atomic E-state index is 0.271. The number of urea groups is 1. The quantitative estimate of drug-likeness (QED) is 0.801. The van der Waals surface area contributed by atoms with E-state index in [1.165, 1.54) is 0 Å². The first kappa shape index (κ1) is 14.4. The van der Waals surface area contributed by atoms with Crippen molar-refractivity contribution in [3.8, 4) is 0 Å². The highest BCUT2D eigenvalue weighted by atomic mass is 35.5. The first-order valence-corrected chi connectivity index (χ1v) is 7.04. The first-order chi connectivity index (χ1) is 9.03. The smallest absolute Gasteiger partial charge is 0.319 e. The lowest BCUT2D eigenvalue weighted by Gasteiger charge is -2.28. The molecular weight excluding hydrogens is 285 g/mol. The fourth-order valence-corrected chi connectivity index (χ4v) is 2.99. The standard InChI is InChI=1S/C13H17Cl2N3O/c14-9-5-10(15)7-11(6-9)17-12(19)18-13(8-16)3-1-2-4-13/h5-7H,1-4,8,16H2,(H2,17,18,19). The van der Waals surface area contributed by atoms with E-state index in [1.54, 1.807) is 18.2 Å². The molecule has 0 unspecified atom stereocenters. The third-order valence-corrected chi connectivity index (χ3v) is 3.89. The molecule has 19 heavy (non-hydrogen) atoms. The molecule has 104 valence electrons. The predicted octanol–water partition coefficient (Wildman–Crippen LogP) is 3.39. The molecule has 0 heterocycles. The molecular formula is C13H17Cl2N3O.